The van der Waals surface area contributed by atoms with Crippen molar-refractivity contribution in [3.05, 3.63) is 34.9 Å². The molecule has 1 aromatic rings. The highest BCUT2D eigenvalue weighted by Crippen LogP contribution is 2.25. The van der Waals surface area contributed by atoms with E-state index in [0.29, 0.717) is 11.5 Å². The van der Waals surface area contributed by atoms with Crippen molar-refractivity contribution in [3.63, 3.8) is 0 Å². The van der Waals surface area contributed by atoms with Crippen molar-refractivity contribution in [2.75, 3.05) is 0 Å². The van der Waals surface area contributed by atoms with Crippen molar-refractivity contribution < 1.29 is 8.78 Å². The van der Waals surface area contributed by atoms with Gasteiger partial charge in [-0.15, -0.1) is 0 Å². The monoisotopic (exact) mass is 184 g/mol. The molecule has 0 fully saturated rings. The molecule has 0 aliphatic carbocycles. The van der Waals surface area contributed by atoms with Gasteiger partial charge in [0, 0.05) is 5.56 Å². The zero-order chi connectivity index (χ0) is 10.0. The molecule has 0 atom stereocenters. The normalized spacial score (nSPS) is 11.3. The molecule has 2 heteroatoms. The largest absolute Gasteiger partial charge is 0.264 e. The molecular formula is C11H14F2. The maximum atomic E-state index is 12.4. The van der Waals surface area contributed by atoms with Crippen LogP contribution in [-0.4, -0.2) is 0 Å². The summed E-state index contributed by atoms with van der Waals surface area (Å²) in [5, 5.41) is 0. The summed E-state index contributed by atoms with van der Waals surface area (Å²) in [7, 11) is 0. The first-order valence-corrected chi connectivity index (χ1v) is 4.41. The van der Waals surface area contributed by atoms with Gasteiger partial charge in [0.25, 0.3) is 6.43 Å². The van der Waals surface area contributed by atoms with Gasteiger partial charge >= 0.3 is 0 Å². The predicted octanol–water partition coefficient (Wildman–Crippen LogP) is 4.06. The number of hydrogen-bond donors (Lipinski definition) is 0. The van der Waals surface area contributed by atoms with Crippen LogP contribution < -0.4 is 0 Å². The molecule has 0 saturated carbocycles. The molecule has 1 rings (SSSR count). The molecule has 0 aliphatic heterocycles. The third-order valence-corrected chi connectivity index (χ3v) is 2.20. The van der Waals surface area contributed by atoms with Crippen molar-refractivity contribution in [1.29, 1.82) is 0 Å². The van der Waals surface area contributed by atoms with E-state index >= 15 is 0 Å². The summed E-state index contributed by atoms with van der Waals surface area (Å²) in [5.41, 5.74) is 1.94. The number of hydrogen-bond acceptors (Lipinski definition) is 0. The lowest BCUT2D eigenvalue weighted by molar-refractivity contribution is 0.150. The number of aryl methyl sites for hydroxylation is 1. The second kappa shape index (κ2) is 3.86. The molecule has 0 N–H and O–H groups in total. The summed E-state index contributed by atoms with van der Waals surface area (Å²) in [6.07, 6.45) is -2.36. The lowest BCUT2D eigenvalue weighted by Crippen LogP contribution is -1.93. The summed E-state index contributed by atoms with van der Waals surface area (Å²) in [6.45, 7) is 5.83. The van der Waals surface area contributed by atoms with E-state index in [9.17, 15) is 8.78 Å². The number of benzene rings is 1. The van der Waals surface area contributed by atoms with Gasteiger partial charge in [-0.3, -0.25) is 0 Å². The fraction of sp³-hybridized carbons (Fsp3) is 0.455. The lowest BCUT2D eigenvalue weighted by atomic mass is 9.98. The van der Waals surface area contributed by atoms with Gasteiger partial charge in [0.2, 0.25) is 0 Å². The van der Waals surface area contributed by atoms with E-state index in [1.165, 1.54) is 6.07 Å². The van der Waals surface area contributed by atoms with Crippen molar-refractivity contribution >= 4 is 0 Å². The molecular weight excluding hydrogens is 170 g/mol. The van der Waals surface area contributed by atoms with Gasteiger partial charge in [0.15, 0.2) is 0 Å². The molecule has 0 radical (unpaired) electrons. The van der Waals surface area contributed by atoms with Crippen LogP contribution >= 0.6 is 0 Å². The molecule has 1 aromatic carbocycles. The highest BCUT2D eigenvalue weighted by Gasteiger charge is 2.10. The Morgan fingerprint density at radius 2 is 1.77 bits per heavy atom. The first kappa shape index (κ1) is 10.2. The Labute approximate surface area is 77.6 Å². The zero-order valence-corrected chi connectivity index (χ0v) is 8.14. The highest BCUT2D eigenvalue weighted by atomic mass is 19.3. The van der Waals surface area contributed by atoms with E-state index in [2.05, 4.69) is 13.8 Å². The third kappa shape index (κ3) is 2.27. The number of halogens is 2. The zero-order valence-electron chi connectivity index (χ0n) is 8.14. The van der Waals surface area contributed by atoms with Crippen LogP contribution in [0.25, 0.3) is 0 Å². The average Bonchev–Trinajstić information content (AvgIpc) is 2.03. The molecule has 0 amide bonds. The van der Waals surface area contributed by atoms with Crippen molar-refractivity contribution in [1.82, 2.24) is 0 Å². The van der Waals surface area contributed by atoms with Crippen molar-refractivity contribution in [2.45, 2.75) is 33.1 Å². The summed E-state index contributed by atoms with van der Waals surface area (Å²) in [6, 6.07) is 5.14. The van der Waals surface area contributed by atoms with E-state index in [0.717, 1.165) is 5.56 Å². The van der Waals surface area contributed by atoms with Gasteiger partial charge in [0.05, 0.1) is 0 Å². The van der Waals surface area contributed by atoms with Crippen LogP contribution in [0, 0.1) is 6.92 Å². The van der Waals surface area contributed by atoms with E-state index in [4.69, 9.17) is 0 Å². The summed E-state index contributed by atoms with van der Waals surface area (Å²) < 4.78 is 24.7. The minimum atomic E-state index is -2.36. The predicted molar refractivity (Wildman–Crippen MR) is 50.2 cm³/mol. The smallest absolute Gasteiger partial charge is 0.205 e. The molecule has 72 valence electrons. The topological polar surface area (TPSA) is 0 Å². The molecule has 0 aromatic heterocycles. The van der Waals surface area contributed by atoms with E-state index in [1.807, 2.05) is 6.07 Å². The average molecular weight is 184 g/mol. The van der Waals surface area contributed by atoms with E-state index in [-0.39, 0.29) is 5.56 Å². The van der Waals surface area contributed by atoms with Crippen LogP contribution in [0.15, 0.2) is 18.2 Å². The van der Waals surface area contributed by atoms with E-state index in [1.54, 1.807) is 13.0 Å². The number of alkyl halides is 2. The van der Waals surface area contributed by atoms with Gasteiger partial charge in [-0.1, -0.05) is 32.0 Å². The van der Waals surface area contributed by atoms with Crippen LogP contribution in [0.4, 0.5) is 8.78 Å². The summed E-state index contributed by atoms with van der Waals surface area (Å²) in [4.78, 5) is 0. The molecule has 0 unspecified atom stereocenters. The Hall–Kier alpha value is -0.920. The maximum Gasteiger partial charge on any atom is 0.264 e. The van der Waals surface area contributed by atoms with Gasteiger partial charge in [-0.2, -0.15) is 0 Å². The Morgan fingerprint density at radius 3 is 2.15 bits per heavy atom. The quantitative estimate of drug-likeness (QED) is 0.650. The highest BCUT2D eigenvalue weighted by molar-refractivity contribution is 5.33. The van der Waals surface area contributed by atoms with Crippen LogP contribution in [0.2, 0.25) is 0 Å². The van der Waals surface area contributed by atoms with Crippen LogP contribution in [0.3, 0.4) is 0 Å². The Balaban J connectivity index is 3.06. The summed E-state index contributed by atoms with van der Waals surface area (Å²) >= 11 is 0. The second-order valence-electron chi connectivity index (χ2n) is 3.57. The fourth-order valence-corrected chi connectivity index (χ4v) is 1.30. The van der Waals surface area contributed by atoms with Gasteiger partial charge < -0.3 is 0 Å². The Morgan fingerprint density at radius 1 is 1.15 bits per heavy atom. The first-order valence-electron chi connectivity index (χ1n) is 4.41. The minimum absolute atomic E-state index is 0.143. The molecule has 0 heterocycles. The van der Waals surface area contributed by atoms with Gasteiger partial charge in [-0.25, -0.2) is 8.78 Å². The summed E-state index contributed by atoms with van der Waals surface area (Å²) in [5.74, 6) is 0.394. The van der Waals surface area contributed by atoms with Crippen molar-refractivity contribution in [3.8, 4) is 0 Å². The minimum Gasteiger partial charge on any atom is -0.205 e. The Bertz CT molecular complexity index is 290. The molecule has 0 saturated heterocycles. The number of rotatable bonds is 2. The van der Waals surface area contributed by atoms with Gasteiger partial charge in [0.1, 0.15) is 0 Å². The molecule has 0 bridgehead atoms. The molecule has 0 nitrogen and oxygen atoms in total. The fourth-order valence-electron chi connectivity index (χ4n) is 1.30. The molecule has 0 spiro atoms. The standard InChI is InChI=1S/C11H14F2/c1-7(2)9-4-5-10(11(12)13)8(3)6-9/h4-7,11H,1-3H3. The Kier molecular flexibility index (Phi) is 3.02. The molecule has 0 aliphatic rings. The molecule has 13 heavy (non-hydrogen) atoms. The SMILES string of the molecule is Cc1cc(C(C)C)ccc1C(F)F. The van der Waals surface area contributed by atoms with Gasteiger partial charge in [-0.05, 0) is 24.0 Å². The third-order valence-electron chi connectivity index (χ3n) is 2.20. The van der Waals surface area contributed by atoms with Crippen LogP contribution in [0.1, 0.15) is 42.9 Å². The van der Waals surface area contributed by atoms with Crippen LogP contribution in [0.5, 0.6) is 0 Å². The maximum absolute atomic E-state index is 12.4. The van der Waals surface area contributed by atoms with Crippen molar-refractivity contribution in [2.24, 2.45) is 0 Å². The van der Waals surface area contributed by atoms with E-state index < -0.39 is 6.43 Å². The van der Waals surface area contributed by atoms with Crippen LogP contribution in [-0.2, 0) is 0 Å². The lowest BCUT2D eigenvalue weighted by Gasteiger charge is -2.09. The second-order valence-corrected chi connectivity index (χ2v) is 3.57. The first-order chi connectivity index (χ1) is 6.02.